The molecule has 0 bridgehead atoms. The van der Waals surface area contributed by atoms with Crippen LogP contribution in [0.5, 0.6) is 0 Å². The molecule has 0 spiro atoms. The molecule has 0 amide bonds. The van der Waals surface area contributed by atoms with Crippen molar-refractivity contribution in [2.75, 3.05) is 0 Å². The first-order chi connectivity index (χ1) is 8.54. The number of halogens is 5. The summed E-state index contributed by atoms with van der Waals surface area (Å²) in [7, 11) is 0. The van der Waals surface area contributed by atoms with Gasteiger partial charge in [-0.1, -0.05) is 62.9 Å². The van der Waals surface area contributed by atoms with Crippen LogP contribution >= 0.6 is 50.7 Å². The molecule has 0 aliphatic rings. The van der Waals surface area contributed by atoms with E-state index in [4.69, 9.17) is 34.8 Å². The Morgan fingerprint density at radius 3 is 2.28 bits per heavy atom. The lowest BCUT2D eigenvalue weighted by Gasteiger charge is -2.11. The molecule has 0 heterocycles. The summed E-state index contributed by atoms with van der Waals surface area (Å²) in [6.07, 6.45) is 0. The van der Waals surface area contributed by atoms with Crippen molar-refractivity contribution < 1.29 is 4.39 Å². The summed E-state index contributed by atoms with van der Waals surface area (Å²) in [5.41, 5.74) is 2.37. The van der Waals surface area contributed by atoms with Crippen molar-refractivity contribution in [1.29, 1.82) is 0 Å². The predicted molar refractivity (Wildman–Crippen MR) is 79.5 cm³/mol. The predicted octanol–water partition coefficient (Wildman–Crippen LogP) is 6.35. The Bertz CT molecular complexity index is 599. The molecule has 0 unspecified atom stereocenters. The molecular weight excluding hydrogens is 361 g/mol. The van der Waals surface area contributed by atoms with Crippen LogP contribution in [0.3, 0.4) is 0 Å². The van der Waals surface area contributed by atoms with Crippen LogP contribution in [-0.2, 0) is 5.33 Å². The van der Waals surface area contributed by atoms with Crippen molar-refractivity contribution in [2.24, 2.45) is 0 Å². The lowest BCUT2D eigenvalue weighted by Crippen LogP contribution is -1.90. The minimum absolute atomic E-state index is 0.288. The summed E-state index contributed by atoms with van der Waals surface area (Å²) in [6.45, 7) is 0. The van der Waals surface area contributed by atoms with Crippen molar-refractivity contribution in [3.63, 3.8) is 0 Å². The summed E-state index contributed by atoms with van der Waals surface area (Å²) in [5.74, 6) is -0.288. The van der Waals surface area contributed by atoms with Gasteiger partial charge in [0.2, 0.25) is 0 Å². The fraction of sp³-hybridized carbons (Fsp3) is 0.0769. The van der Waals surface area contributed by atoms with Gasteiger partial charge < -0.3 is 0 Å². The first kappa shape index (κ1) is 14.1. The molecule has 0 atom stereocenters. The minimum Gasteiger partial charge on any atom is -0.207 e. The maximum absolute atomic E-state index is 13.2. The van der Waals surface area contributed by atoms with Gasteiger partial charge >= 0.3 is 0 Å². The van der Waals surface area contributed by atoms with E-state index in [0.29, 0.717) is 20.4 Å². The molecule has 5 heteroatoms. The zero-order chi connectivity index (χ0) is 13.3. The first-order valence-corrected chi connectivity index (χ1v) is 7.28. The van der Waals surface area contributed by atoms with Crippen LogP contribution in [0, 0.1) is 5.82 Å². The normalized spacial score (nSPS) is 10.7. The second-order valence-corrected chi connectivity index (χ2v) is 5.38. The number of hydrogen-bond donors (Lipinski definition) is 0. The maximum atomic E-state index is 13.2. The van der Waals surface area contributed by atoms with E-state index in [1.807, 2.05) is 0 Å². The fourth-order valence-electron chi connectivity index (χ4n) is 1.67. The van der Waals surface area contributed by atoms with Crippen LogP contribution in [0.4, 0.5) is 4.39 Å². The Labute approximate surface area is 128 Å². The minimum atomic E-state index is -0.288. The first-order valence-electron chi connectivity index (χ1n) is 5.03. The van der Waals surface area contributed by atoms with Crippen LogP contribution < -0.4 is 0 Å². The van der Waals surface area contributed by atoms with Gasteiger partial charge in [0.15, 0.2) is 0 Å². The molecule has 0 aliphatic carbocycles. The largest absolute Gasteiger partial charge is 0.207 e. The molecule has 0 nitrogen and oxygen atoms in total. The highest BCUT2D eigenvalue weighted by Crippen LogP contribution is 2.39. The molecule has 18 heavy (non-hydrogen) atoms. The third-order valence-electron chi connectivity index (χ3n) is 2.54. The third-order valence-corrected chi connectivity index (χ3v) is 4.43. The molecule has 0 radical (unpaired) electrons. The summed E-state index contributed by atoms with van der Waals surface area (Å²) in [5, 5.41) is 1.60. The van der Waals surface area contributed by atoms with Gasteiger partial charge in [0, 0.05) is 10.9 Å². The van der Waals surface area contributed by atoms with Crippen molar-refractivity contribution in [3.05, 3.63) is 56.8 Å². The van der Waals surface area contributed by atoms with Gasteiger partial charge in [0.25, 0.3) is 0 Å². The topological polar surface area (TPSA) is 0 Å². The second-order valence-electron chi connectivity index (χ2n) is 3.66. The average Bonchev–Trinajstić information content (AvgIpc) is 2.37. The number of benzene rings is 2. The standard InChI is InChI=1S/C13H7BrCl3F/c14-6-7-5-8(18)1-2-9(7)10-3-4-11(15)13(17)12(10)16/h1-5H,6H2. The highest BCUT2D eigenvalue weighted by Gasteiger charge is 2.13. The Morgan fingerprint density at radius 2 is 1.61 bits per heavy atom. The van der Waals surface area contributed by atoms with Gasteiger partial charge in [-0.25, -0.2) is 4.39 Å². The number of alkyl halides is 1. The lowest BCUT2D eigenvalue weighted by molar-refractivity contribution is 0.627. The quantitative estimate of drug-likeness (QED) is 0.428. The molecule has 2 rings (SSSR count). The summed E-state index contributed by atoms with van der Waals surface area (Å²) >= 11 is 21.4. The van der Waals surface area contributed by atoms with Crippen molar-refractivity contribution in [2.45, 2.75) is 5.33 Å². The summed E-state index contributed by atoms with van der Waals surface area (Å²) in [6, 6.07) is 7.98. The molecular formula is C13H7BrCl3F. The van der Waals surface area contributed by atoms with E-state index >= 15 is 0 Å². The van der Waals surface area contributed by atoms with Crippen molar-refractivity contribution in [3.8, 4) is 11.1 Å². The molecule has 0 aromatic heterocycles. The van der Waals surface area contributed by atoms with Crippen molar-refractivity contribution >= 4 is 50.7 Å². The molecule has 2 aromatic rings. The highest BCUT2D eigenvalue weighted by molar-refractivity contribution is 9.08. The molecule has 0 fully saturated rings. The van der Waals surface area contributed by atoms with Gasteiger partial charge in [-0.3, -0.25) is 0 Å². The van der Waals surface area contributed by atoms with Crippen LogP contribution in [0.2, 0.25) is 15.1 Å². The van der Waals surface area contributed by atoms with Crippen LogP contribution in [0.15, 0.2) is 30.3 Å². The van der Waals surface area contributed by atoms with Gasteiger partial charge in [-0.05, 0) is 29.3 Å². The van der Waals surface area contributed by atoms with Crippen LogP contribution in [-0.4, -0.2) is 0 Å². The van der Waals surface area contributed by atoms with Gasteiger partial charge in [-0.2, -0.15) is 0 Å². The molecule has 0 aliphatic heterocycles. The third kappa shape index (κ3) is 2.67. The molecule has 0 saturated heterocycles. The maximum Gasteiger partial charge on any atom is 0.123 e. The molecule has 94 valence electrons. The van der Waals surface area contributed by atoms with E-state index in [1.54, 1.807) is 18.2 Å². The van der Waals surface area contributed by atoms with Gasteiger partial charge in [0.1, 0.15) is 5.82 Å². The molecule has 0 saturated carbocycles. The highest BCUT2D eigenvalue weighted by atomic mass is 79.9. The Balaban J connectivity index is 2.66. The Hall–Kier alpha value is -0.280. The van der Waals surface area contributed by atoms with Gasteiger partial charge in [0.05, 0.1) is 15.1 Å². The van der Waals surface area contributed by atoms with E-state index in [0.717, 1.165) is 16.7 Å². The Morgan fingerprint density at radius 1 is 0.944 bits per heavy atom. The van der Waals surface area contributed by atoms with E-state index < -0.39 is 0 Å². The average molecular weight is 368 g/mol. The number of hydrogen-bond acceptors (Lipinski definition) is 0. The molecule has 0 N–H and O–H groups in total. The van der Waals surface area contributed by atoms with Crippen molar-refractivity contribution in [1.82, 2.24) is 0 Å². The van der Waals surface area contributed by atoms with E-state index in [1.165, 1.54) is 12.1 Å². The Kier molecular flexibility index (Phi) is 4.54. The van der Waals surface area contributed by atoms with E-state index in [2.05, 4.69) is 15.9 Å². The zero-order valence-electron chi connectivity index (χ0n) is 8.98. The van der Waals surface area contributed by atoms with Crippen LogP contribution in [0.25, 0.3) is 11.1 Å². The zero-order valence-corrected chi connectivity index (χ0v) is 12.8. The monoisotopic (exact) mass is 366 g/mol. The fourth-order valence-corrected chi connectivity index (χ4v) is 2.77. The van der Waals surface area contributed by atoms with E-state index in [9.17, 15) is 4.39 Å². The second kappa shape index (κ2) is 5.79. The number of rotatable bonds is 2. The smallest absolute Gasteiger partial charge is 0.123 e. The lowest BCUT2D eigenvalue weighted by atomic mass is 10.0. The SMILES string of the molecule is Fc1ccc(-c2ccc(Cl)c(Cl)c2Cl)c(CBr)c1. The van der Waals surface area contributed by atoms with Gasteiger partial charge in [-0.15, -0.1) is 0 Å². The summed E-state index contributed by atoms with van der Waals surface area (Å²) < 4.78 is 13.2. The summed E-state index contributed by atoms with van der Waals surface area (Å²) in [4.78, 5) is 0. The van der Waals surface area contributed by atoms with Crippen LogP contribution in [0.1, 0.15) is 5.56 Å². The van der Waals surface area contributed by atoms with E-state index in [-0.39, 0.29) is 5.82 Å². The molecule has 2 aromatic carbocycles.